The first-order chi connectivity index (χ1) is 10.1. The summed E-state index contributed by atoms with van der Waals surface area (Å²) < 4.78 is 0. The summed E-state index contributed by atoms with van der Waals surface area (Å²) in [4.78, 5) is 23.6. The van der Waals surface area contributed by atoms with Crippen LogP contribution >= 0.6 is 12.4 Å². The van der Waals surface area contributed by atoms with Gasteiger partial charge in [0.05, 0.1) is 5.92 Å². The molecule has 1 aliphatic rings. The maximum Gasteiger partial charge on any atom is 0.222 e. The third kappa shape index (κ3) is 5.00. The van der Waals surface area contributed by atoms with E-state index < -0.39 is 0 Å². The van der Waals surface area contributed by atoms with E-state index in [4.69, 9.17) is 11.5 Å². The summed E-state index contributed by atoms with van der Waals surface area (Å²) in [5.41, 5.74) is 12.4. The fourth-order valence-electron chi connectivity index (χ4n) is 2.93. The molecule has 22 heavy (non-hydrogen) atoms. The molecule has 1 aromatic carbocycles. The van der Waals surface area contributed by atoms with E-state index in [1.165, 1.54) is 0 Å². The lowest BCUT2D eigenvalue weighted by atomic mass is 9.84. The van der Waals surface area contributed by atoms with Crippen LogP contribution in [-0.4, -0.2) is 17.9 Å². The minimum Gasteiger partial charge on any atom is -0.369 e. The molecule has 0 aromatic heterocycles. The minimum absolute atomic E-state index is 0. The highest BCUT2D eigenvalue weighted by atomic mass is 35.5. The molecule has 1 aliphatic carbocycles. The van der Waals surface area contributed by atoms with E-state index in [1.807, 2.05) is 30.3 Å². The summed E-state index contributed by atoms with van der Waals surface area (Å²) in [6.45, 7) is 0. The van der Waals surface area contributed by atoms with Crippen molar-refractivity contribution < 1.29 is 9.59 Å². The Morgan fingerprint density at radius 1 is 1.18 bits per heavy atom. The second-order valence-corrected chi connectivity index (χ2v) is 5.69. The van der Waals surface area contributed by atoms with Gasteiger partial charge in [0.15, 0.2) is 0 Å². The van der Waals surface area contributed by atoms with Crippen molar-refractivity contribution in [2.75, 3.05) is 0 Å². The third-order valence-electron chi connectivity index (χ3n) is 4.11. The molecule has 6 heteroatoms. The Morgan fingerprint density at radius 3 is 2.45 bits per heavy atom. The molecule has 5 nitrogen and oxygen atoms in total. The standard InChI is InChI=1S/C16H23N3O2.ClH/c17-13(11-6-2-1-3-7-11)10-15(20)19-14-9-5-4-8-12(14)16(18)21;/h1-3,6-7,12-14H,4-5,8-10,17H2,(H2,18,21)(H,19,20);1H. The Hall–Kier alpha value is -1.59. The smallest absolute Gasteiger partial charge is 0.222 e. The highest BCUT2D eigenvalue weighted by Crippen LogP contribution is 2.24. The molecule has 3 unspecified atom stereocenters. The number of nitrogens with one attached hydrogen (secondary N) is 1. The molecule has 2 rings (SSSR count). The average Bonchev–Trinajstić information content (AvgIpc) is 2.48. The maximum atomic E-state index is 12.1. The number of hydrogen-bond acceptors (Lipinski definition) is 3. The van der Waals surface area contributed by atoms with Crippen LogP contribution < -0.4 is 16.8 Å². The van der Waals surface area contributed by atoms with Crippen molar-refractivity contribution >= 4 is 24.2 Å². The number of hydrogen-bond donors (Lipinski definition) is 3. The van der Waals surface area contributed by atoms with E-state index in [2.05, 4.69) is 5.32 Å². The van der Waals surface area contributed by atoms with Gasteiger partial charge >= 0.3 is 0 Å². The number of nitrogens with two attached hydrogens (primary N) is 2. The lowest BCUT2D eigenvalue weighted by Gasteiger charge is -2.30. The summed E-state index contributed by atoms with van der Waals surface area (Å²) in [7, 11) is 0. The van der Waals surface area contributed by atoms with Gasteiger partial charge in [-0.3, -0.25) is 9.59 Å². The van der Waals surface area contributed by atoms with Crippen LogP contribution in [0.5, 0.6) is 0 Å². The SMILES string of the molecule is Cl.NC(=O)C1CCCCC1NC(=O)CC(N)c1ccccc1. The van der Waals surface area contributed by atoms with Gasteiger partial charge in [0, 0.05) is 18.5 Å². The first-order valence-electron chi connectivity index (χ1n) is 7.47. The zero-order valence-electron chi connectivity index (χ0n) is 12.5. The van der Waals surface area contributed by atoms with Gasteiger partial charge < -0.3 is 16.8 Å². The quantitative estimate of drug-likeness (QED) is 0.767. The second kappa shape index (κ2) is 8.76. The number of primary amides is 1. The van der Waals surface area contributed by atoms with Crippen LogP contribution in [0.3, 0.4) is 0 Å². The molecular formula is C16H24ClN3O2. The number of amides is 2. The number of carbonyl (C=O) groups excluding carboxylic acids is 2. The Balaban J connectivity index is 0.00000242. The monoisotopic (exact) mass is 325 g/mol. The third-order valence-corrected chi connectivity index (χ3v) is 4.11. The molecule has 122 valence electrons. The average molecular weight is 326 g/mol. The zero-order chi connectivity index (χ0) is 15.2. The summed E-state index contributed by atoms with van der Waals surface area (Å²) in [5, 5.41) is 2.93. The largest absolute Gasteiger partial charge is 0.369 e. The van der Waals surface area contributed by atoms with E-state index in [1.54, 1.807) is 0 Å². The molecule has 0 radical (unpaired) electrons. The highest BCUT2D eigenvalue weighted by Gasteiger charge is 2.30. The lowest BCUT2D eigenvalue weighted by Crippen LogP contribution is -2.47. The van der Waals surface area contributed by atoms with Crippen molar-refractivity contribution in [3.8, 4) is 0 Å². The van der Waals surface area contributed by atoms with Gasteiger partial charge in [0.1, 0.15) is 0 Å². The van der Waals surface area contributed by atoms with Gasteiger partial charge in [-0.1, -0.05) is 43.2 Å². The van der Waals surface area contributed by atoms with Gasteiger partial charge in [-0.05, 0) is 18.4 Å². The van der Waals surface area contributed by atoms with Crippen LogP contribution in [0, 0.1) is 5.92 Å². The number of benzene rings is 1. The molecule has 0 heterocycles. The van der Waals surface area contributed by atoms with Crippen LogP contribution in [-0.2, 0) is 9.59 Å². The molecule has 1 saturated carbocycles. The van der Waals surface area contributed by atoms with E-state index >= 15 is 0 Å². The van der Waals surface area contributed by atoms with Gasteiger partial charge in [0.2, 0.25) is 11.8 Å². The lowest BCUT2D eigenvalue weighted by molar-refractivity contribution is -0.126. The number of carbonyl (C=O) groups is 2. The van der Waals surface area contributed by atoms with E-state index in [0.29, 0.717) is 0 Å². The van der Waals surface area contributed by atoms with Gasteiger partial charge in [0.25, 0.3) is 0 Å². The predicted molar refractivity (Wildman–Crippen MR) is 88.3 cm³/mol. The Labute approximate surface area is 137 Å². The van der Waals surface area contributed by atoms with Crippen molar-refractivity contribution in [1.82, 2.24) is 5.32 Å². The Bertz CT molecular complexity index is 495. The fraction of sp³-hybridized carbons (Fsp3) is 0.500. The molecule has 0 spiro atoms. The van der Waals surface area contributed by atoms with Crippen molar-refractivity contribution in [2.24, 2.45) is 17.4 Å². The van der Waals surface area contributed by atoms with Crippen molar-refractivity contribution in [2.45, 2.75) is 44.2 Å². The molecule has 3 atom stereocenters. The summed E-state index contributed by atoms with van der Waals surface area (Å²) in [5.74, 6) is -0.701. The Kier molecular flexibility index (Phi) is 7.35. The molecule has 1 fully saturated rings. The zero-order valence-corrected chi connectivity index (χ0v) is 13.4. The second-order valence-electron chi connectivity index (χ2n) is 5.69. The predicted octanol–water partition coefficient (Wildman–Crippen LogP) is 1.66. The minimum atomic E-state index is -0.332. The van der Waals surface area contributed by atoms with E-state index in [0.717, 1.165) is 31.2 Å². The van der Waals surface area contributed by atoms with Crippen molar-refractivity contribution in [3.63, 3.8) is 0 Å². The van der Waals surface area contributed by atoms with E-state index in [9.17, 15) is 9.59 Å². The first kappa shape index (κ1) is 18.5. The molecule has 2 amide bonds. The summed E-state index contributed by atoms with van der Waals surface area (Å²) in [6.07, 6.45) is 3.78. The highest BCUT2D eigenvalue weighted by molar-refractivity contribution is 5.85. The van der Waals surface area contributed by atoms with Crippen LogP contribution in [0.2, 0.25) is 0 Å². The molecule has 0 bridgehead atoms. The topological polar surface area (TPSA) is 98.2 Å². The molecule has 0 aliphatic heterocycles. The fourth-order valence-corrected chi connectivity index (χ4v) is 2.93. The van der Waals surface area contributed by atoms with Crippen molar-refractivity contribution in [1.29, 1.82) is 0 Å². The van der Waals surface area contributed by atoms with Gasteiger partial charge in [-0.15, -0.1) is 12.4 Å². The molecule has 5 N–H and O–H groups in total. The van der Waals surface area contributed by atoms with Crippen LogP contribution in [0.15, 0.2) is 30.3 Å². The van der Waals surface area contributed by atoms with Gasteiger partial charge in [-0.25, -0.2) is 0 Å². The molecule has 0 saturated heterocycles. The summed E-state index contributed by atoms with van der Waals surface area (Å²) >= 11 is 0. The number of rotatable bonds is 5. The van der Waals surface area contributed by atoms with Crippen LogP contribution in [0.1, 0.15) is 43.7 Å². The van der Waals surface area contributed by atoms with Crippen LogP contribution in [0.25, 0.3) is 0 Å². The van der Waals surface area contributed by atoms with Crippen molar-refractivity contribution in [3.05, 3.63) is 35.9 Å². The van der Waals surface area contributed by atoms with Gasteiger partial charge in [-0.2, -0.15) is 0 Å². The van der Waals surface area contributed by atoms with E-state index in [-0.39, 0.29) is 48.6 Å². The Morgan fingerprint density at radius 2 is 1.82 bits per heavy atom. The summed E-state index contributed by atoms with van der Waals surface area (Å²) in [6, 6.07) is 9.05. The number of halogens is 1. The molecule has 1 aromatic rings. The maximum absolute atomic E-state index is 12.1. The van der Waals surface area contributed by atoms with Crippen LogP contribution in [0.4, 0.5) is 0 Å². The first-order valence-corrected chi connectivity index (χ1v) is 7.47. The normalized spacial score (nSPS) is 22.2. The molecular weight excluding hydrogens is 302 g/mol.